The van der Waals surface area contributed by atoms with Crippen molar-refractivity contribution >= 4 is 21.9 Å². The summed E-state index contributed by atoms with van der Waals surface area (Å²) in [4.78, 5) is 10.9. The summed E-state index contributed by atoms with van der Waals surface area (Å²) in [7, 11) is 1.69. The zero-order valence-corrected chi connectivity index (χ0v) is 12.6. The van der Waals surface area contributed by atoms with Gasteiger partial charge in [0.2, 0.25) is 0 Å². The maximum absolute atomic E-state index is 9.23. The predicted molar refractivity (Wildman–Crippen MR) is 88.8 cm³/mol. The van der Waals surface area contributed by atoms with Crippen LogP contribution >= 0.6 is 0 Å². The zero-order chi connectivity index (χ0) is 15.8. The minimum absolute atomic E-state index is 0.577. The van der Waals surface area contributed by atoms with Gasteiger partial charge in [-0.3, -0.25) is 0 Å². The molecular weight excluding hydrogens is 288 g/mol. The summed E-state index contributed by atoms with van der Waals surface area (Å²) in [5, 5.41) is 11.2. The molecule has 2 N–H and O–H groups in total. The third-order valence-corrected chi connectivity index (χ3v) is 4.00. The SMILES string of the molecule is COCc1ccc2[nH]cc(-c3cc4c(C#N)ccnc4[nH]3)c2c1. The molecule has 1 aromatic carbocycles. The van der Waals surface area contributed by atoms with Gasteiger partial charge in [0.1, 0.15) is 5.65 Å². The van der Waals surface area contributed by atoms with Gasteiger partial charge in [0.25, 0.3) is 0 Å². The number of hydrogen-bond donors (Lipinski definition) is 2. The molecule has 0 fully saturated rings. The van der Waals surface area contributed by atoms with E-state index in [4.69, 9.17) is 4.74 Å². The Balaban J connectivity index is 1.92. The van der Waals surface area contributed by atoms with Crippen molar-refractivity contribution in [3.63, 3.8) is 0 Å². The van der Waals surface area contributed by atoms with Crippen LogP contribution < -0.4 is 0 Å². The van der Waals surface area contributed by atoms with Crippen molar-refractivity contribution in [2.45, 2.75) is 6.61 Å². The number of aromatic nitrogens is 3. The van der Waals surface area contributed by atoms with E-state index in [2.05, 4.69) is 33.2 Å². The van der Waals surface area contributed by atoms with E-state index in [0.29, 0.717) is 12.2 Å². The topological polar surface area (TPSA) is 77.5 Å². The molecule has 0 aliphatic carbocycles. The Labute approximate surface area is 132 Å². The lowest BCUT2D eigenvalue weighted by Crippen LogP contribution is -1.86. The Kier molecular flexibility index (Phi) is 3.11. The van der Waals surface area contributed by atoms with Crippen LogP contribution in [-0.2, 0) is 11.3 Å². The summed E-state index contributed by atoms with van der Waals surface area (Å²) >= 11 is 0. The van der Waals surface area contributed by atoms with E-state index in [1.807, 2.05) is 18.3 Å². The standard InChI is InChI=1S/C18H14N4O/c1-23-10-11-2-3-16-14(6-11)15(9-21-16)17-7-13-12(8-19)4-5-20-18(13)22-17/h2-7,9,21H,10H2,1H3,(H,20,22). The summed E-state index contributed by atoms with van der Waals surface area (Å²) in [6.07, 6.45) is 3.62. The molecule has 0 bridgehead atoms. The van der Waals surface area contributed by atoms with Gasteiger partial charge >= 0.3 is 0 Å². The van der Waals surface area contributed by atoms with Gasteiger partial charge in [-0.2, -0.15) is 5.26 Å². The second kappa shape index (κ2) is 5.27. The van der Waals surface area contributed by atoms with Crippen molar-refractivity contribution in [2.75, 3.05) is 7.11 Å². The highest BCUT2D eigenvalue weighted by Crippen LogP contribution is 2.31. The van der Waals surface area contributed by atoms with Crippen molar-refractivity contribution in [1.29, 1.82) is 5.26 Å². The van der Waals surface area contributed by atoms with E-state index < -0.39 is 0 Å². The van der Waals surface area contributed by atoms with E-state index >= 15 is 0 Å². The van der Waals surface area contributed by atoms with Crippen molar-refractivity contribution in [3.05, 3.63) is 53.9 Å². The first-order chi connectivity index (χ1) is 11.3. The lowest BCUT2D eigenvalue weighted by atomic mass is 10.1. The fourth-order valence-electron chi connectivity index (χ4n) is 2.92. The van der Waals surface area contributed by atoms with E-state index in [0.717, 1.165) is 38.8 Å². The van der Waals surface area contributed by atoms with Crippen LogP contribution in [0, 0.1) is 11.3 Å². The average Bonchev–Trinajstić information content (AvgIpc) is 3.17. The van der Waals surface area contributed by atoms with Crippen LogP contribution in [0.3, 0.4) is 0 Å². The van der Waals surface area contributed by atoms with Crippen LogP contribution in [-0.4, -0.2) is 22.1 Å². The normalized spacial score (nSPS) is 11.1. The van der Waals surface area contributed by atoms with E-state index in [9.17, 15) is 5.26 Å². The minimum Gasteiger partial charge on any atom is -0.380 e. The molecule has 5 heteroatoms. The molecule has 0 aliphatic rings. The largest absolute Gasteiger partial charge is 0.380 e. The fraction of sp³-hybridized carbons (Fsp3) is 0.111. The van der Waals surface area contributed by atoms with Gasteiger partial charge < -0.3 is 14.7 Å². The second-order valence-electron chi connectivity index (χ2n) is 5.43. The number of ether oxygens (including phenoxy) is 1. The molecule has 0 saturated carbocycles. The van der Waals surface area contributed by atoms with Crippen LogP contribution in [0.15, 0.2) is 42.7 Å². The fourth-order valence-corrected chi connectivity index (χ4v) is 2.92. The molecule has 4 aromatic rings. The highest BCUT2D eigenvalue weighted by atomic mass is 16.5. The molecule has 0 saturated heterocycles. The molecule has 112 valence electrons. The third-order valence-electron chi connectivity index (χ3n) is 4.00. The Morgan fingerprint density at radius 1 is 1.22 bits per heavy atom. The molecule has 5 nitrogen and oxygen atoms in total. The van der Waals surface area contributed by atoms with Crippen molar-refractivity contribution in [1.82, 2.24) is 15.0 Å². The number of benzene rings is 1. The maximum Gasteiger partial charge on any atom is 0.139 e. The number of nitrogens with zero attached hydrogens (tertiary/aromatic N) is 2. The monoisotopic (exact) mass is 302 g/mol. The molecule has 0 aliphatic heterocycles. The second-order valence-corrected chi connectivity index (χ2v) is 5.43. The first kappa shape index (κ1) is 13.6. The summed E-state index contributed by atoms with van der Waals surface area (Å²) in [6.45, 7) is 0.577. The summed E-state index contributed by atoms with van der Waals surface area (Å²) in [6, 6.07) is 12.1. The van der Waals surface area contributed by atoms with Crippen LogP contribution in [0.4, 0.5) is 0 Å². The minimum atomic E-state index is 0.577. The number of fused-ring (bicyclic) bond motifs is 2. The van der Waals surface area contributed by atoms with Gasteiger partial charge in [-0.1, -0.05) is 6.07 Å². The highest BCUT2D eigenvalue weighted by Gasteiger charge is 2.12. The quantitative estimate of drug-likeness (QED) is 0.605. The van der Waals surface area contributed by atoms with Crippen LogP contribution in [0.5, 0.6) is 0 Å². The van der Waals surface area contributed by atoms with Gasteiger partial charge in [-0.25, -0.2) is 4.98 Å². The summed E-state index contributed by atoms with van der Waals surface area (Å²) in [5.74, 6) is 0. The zero-order valence-electron chi connectivity index (χ0n) is 12.6. The highest BCUT2D eigenvalue weighted by molar-refractivity contribution is 5.98. The van der Waals surface area contributed by atoms with E-state index in [1.165, 1.54) is 0 Å². The molecule has 23 heavy (non-hydrogen) atoms. The van der Waals surface area contributed by atoms with E-state index in [1.54, 1.807) is 19.4 Å². The van der Waals surface area contributed by atoms with Crippen molar-refractivity contribution in [2.24, 2.45) is 0 Å². The Morgan fingerprint density at radius 3 is 2.96 bits per heavy atom. The Bertz CT molecular complexity index is 1050. The summed E-state index contributed by atoms with van der Waals surface area (Å²) in [5.41, 5.74) is 5.52. The molecule has 3 heterocycles. The molecule has 3 aromatic heterocycles. The van der Waals surface area contributed by atoms with Crippen molar-refractivity contribution < 1.29 is 4.74 Å². The van der Waals surface area contributed by atoms with Gasteiger partial charge in [0, 0.05) is 47.1 Å². The number of pyridine rings is 1. The predicted octanol–water partition coefficient (Wildman–Crippen LogP) is 3.73. The van der Waals surface area contributed by atoms with Gasteiger partial charge in [-0.15, -0.1) is 0 Å². The average molecular weight is 302 g/mol. The smallest absolute Gasteiger partial charge is 0.139 e. The Morgan fingerprint density at radius 2 is 2.13 bits per heavy atom. The number of rotatable bonds is 3. The molecular formula is C18H14N4O. The lowest BCUT2D eigenvalue weighted by molar-refractivity contribution is 0.185. The number of H-pyrrole nitrogens is 2. The molecule has 0 atom stereocenters. The first-order valence-electron chi connectivity index (χ1n) is 7.27. The van der Waals surface area contributed by atoms with Crippen molar-refractivity contribution in [3.8, 4) is 17.3 Å². The maximum atomic E-state index is 9.23. The molecule has 4 rings (SSSR count). The molecule has 0 radical (unpaired) electrons. The number of aromatic amines is 2. The van der Waals surface area contributed by atoms with E-state index in [-0.39, 0.29) is 0 Å². The third kappa shape index (κ3) is 2.17. The number of hydrogen-bond acceptors (Lipinski definition) is 3. The van der Waals surface area contributed by atoms with Crippen LogP contribution in [0.2, 0.25) is 0 Å². The molecule has 0 spiro atoms. The number of nitrogens with one attached hydrogen (secondary N) is 2. The van der Waals surface area contributed by atoms with Crippen LogP contribution in [0.1, 0.15) is 11.1 Å². The number of methoxy groups -OCH3 is 1. The lowest BCUT2D eigenvalue weighted by Gasteiger charge is -2.01. The molecule has 0 unspecified atom stereocenters. The number of nitriles is 1. The first-order valence-corrected chi connectivity index (χ1v) is 7.27. The van der Waals surface area contributed by atoms with Gasteiger partial charge in [0.05, 0.1) is 18.2 Å². The van der Waals surface area contributed by atoms with Gasteiger partial charge in [-0.05, 0) is 29.8 Å². The Hall–Kier alpha value is -3.10. The molecule has 0 amide bonds. The summed E-state index contributed by atoms with van der Waals surface area (Å²) < 4.78 is 5.21. The van der Waals surface area contributed by atoms with Gasteiger partial charge in [0.15, 0.2) is 0 Å². The van der Waals surface area contributed by atoms with Crippen LogP contribution in [0.25, 0.3) is 33.2 Å².